The van der Waals surface area contributed by atoms with E-state index in [1.807, 2.05) is 13.8 Å². The number of sulfonamides is 1. The van der Waals surface area contributed by atoms with Crippen molar-refractivity contribution >= 4 is 10.0 Å². The molecule has 3 rings (SSSR count). The van der Waals surface area contributed by atoms with E-state index in [9.17, 15) is 13.5 Å². The predicted octanol–water partition coefficient (Wildman–Crippen LogP) is 1.99. The number of methoxy groups -OCH3 is 1. The standard InChI is InChI=1S/C16H23NO4S/c1-10-6-15(21-3)16(7-11(10)2)22(19,20)17-12-4-5-13(17)9-14(18)8-12/h6-7,12-14,18H,4-5,8-9H2,1-3H3/t12-,13+,14?. The van der Waals surface area contributed by atoms with E-state index in [0.29, 0.717) is 18.6 Å². The Hall–Kier alpha value is -1.11. The van der Waals surface area contributed by atoms with Gasteiger partial charge in [0.05, 0.1) is 13.2 Å². The Bertz CT molecular complexity index is 672. The van der Waals surface area contributed by atoms with Crippen molar-refractivity contribution < 1.29 is 18.3 Å². The normalized spacial score (nSPS) is 28.8. The van der Waals surface area contributed by atoms with E-state index in [2.05, 4.69) is 0 Å². The first kappa shape index (κ1) is 15.8. The van der Waals surface area contributed by atoms with Gasteiger partial charge in [0.2, 0.25) is 10.0 Å². The molecule has 2 fully saturated rings. The highest BCUT2D eigenvalue weighted by molar-refractivity contribution is 7.89. The van der Waals surface area contributed by atoms with E-state index in [0.717, 1.165) is 24.0 Å². The number of aliphatic hydroxyl groups is 1. The molecule has 0 aromatic heterocycles. The molecule has 1 aromatic rings. The quantitative estimate of drug-likeness (QED) is 0.923. The fourth-order valence-electron chi connectivity index (χ4n) is 3.74. The molecule has 2 aliphatic heterocycles. The molecule has 0 amide bonds. The second-order valence-corrected chi connectivity index (χ2v) is 8.24. The lowest BCUT2D eigenvalue weighted by molar-refractivity contribution is 0.0768. The van der Waals surface area contributed by atoms with Crippen molar-refractivity contribution in [1.29, 1.82) is 0 Å². The number of nitrogens with zero attached hydrogens (tertiary/aromatic N) is 1. The topological polar surface area (TPSA) is 66.8 Å². The van der Waals surface area contributed by atoms with Crippen molar-refractivity contribution in [3.8, 4) is 5.75 Å². The third-order valence-electron chi connectivity index (χ3n) is 4.98. The Kier molecular flexibility index (Phi) is 3.95. The van der Waals surface area contributed by atoms with Crippen LogP contribution in [0.15, 0.2) is 17.0 Å². The number of piperidine rings is 1. The zero-order valence-electron chi connectivity index (χ0n) is 13.2. The SMILES string of the molecule is COc1cc(C)c(C)cc1S(=O)(=O)N1[C@@H]2CC[C@H]1CC(O)C2. The van der Waals surface area contributed by atoms with Crippen LogP contribution in [0.1, 0.15) is 36.8 Å². The van der Waals surface area contributed by atoms with Crippen LogP contribution in [0.5, 0.6) is 5.75 Å². The third kappa shape index (κ3) is 2.43. The number of rotatable bonds is 3. The van der Waals surface area contributed by atoms with Gasteiger partial charge in [-0.15, -0.1) is 0 Å². The lowest BCUT2D eigenvalue weighted by atomic mass is 10.0. The highest BCUT2D eigenvalue weighted by Gasteiger charge is 2.47. The summed E-state index contributed by atoms with van der Waals surface area (Å²) in [5.41, 5.74) is 1.94. The molecule has 5 nitrogen and oxygen atoms in total. The molecule has 1 aromatic carbocycles. The minimum Gasteiger partial charge on any atom is -0.495 e. The van der Waals surface area contributed by atoms with Gasteiger partial charge in [-0.3, -0.25) is 0 Å². The minimum absolute atomic E-state index is 0.0925. The molecule has 1 unspecified atom stereocenters. The molecule has 2 bridgehead atoms. The Morgan fingerprint density at radius 3 is 2.23 bits per heavy atom. The average molecular weight is 325 g/mol. The van der Waals surface area contributed by atoms with Crippen molar-refractivity contribution in [1.82, 2.24) is 4.31 Å². The zero-order valence-corrected chi connectivity index (χ0v) is 14.1. The largest absolute Gasteiger partial charge is 0.495 e. The number of hydrogen-bond donors (Lipinski definition) is 1. The van der Waals surface area contributed by atoms with Gasteiger partial charge >= 0.3 is 0 Å². The number of ether oxygens (including phenoxy) is 1. The second-order valence-electron chi connectivity index (χ2n) is 6.43. The van der Waals surface area contributed by atoms with Crippen LogP contribution in [0, 0.1) is 13.8 Å². The number of hydrogen-bond acceptors (Lipinski definition) is 4. The first-order chi connectivity index (χ1) is 10.3. The summed E-state index contributed by atoms with van der Waals surface area (Å²) >= 11 is 0. The smallest absolute Gasteiger partial charge is 0.247 e. The molecular weight excluding hydrogens is 302 g/mol. The Morgan fingerprint density at radius 1 is 1.14 bits per heavy atom. The molecule has 2 aliphatic rings. The van der Waals surface area contributed by atoms with Crippen LogP contribution in [-0.2, 0) is 10.0 Å². The van der Waals surface area contributed by atoms with E-state index < -0.39 is 10.0 Å². The van der Waals surface area contributed by atoms with Crippen LogP contribution in [0.3, 0.4) is 0 Å². The lowest BCUT2D eigenvalue weighted by Crippen LogP contribution is -2.47. The van der Waals surface area contributed by atoms with E-state index in [1.54, 1.807) is 16.4 Å². The van der Waals surface area contributed by atoms with E-state index in [4.69, 9.17) is 4.74 Å². The molecule has 2 heterocycles. The molecule has 2 saturated heterocycles. The highest BCUT2D eigenvalue weighted by atomic mass is 32.2. The fraction of sp³-hybridized carbons (Fsp3) is 0.625. The molecule has 122 valence electrons. The monoisotopic (exact) mass is 325 g/mol. The van der Waals surface area contributed by atoms with Crippen molar-refractivity contribution in [2.75, 3.05) is 7.11 Å². The number of benzene rings is 1. The molecule has 0 saturated carbocycles. The summed E-state index contributed by atoms with van der Waals surface area (Å²) in [6, 6.07) is 3.30. The molecule has 0 spiro atoms. The van der Waals surface area contributed by atoms with Crippen LogP contribution in [0.2, 0.25) is 0 Å². The van der Waals surface area contributed by atoms with Crippen LogP contribution < -0.4 is 4.74 Å². The van der Waals surface area contributed by atoms with Crippen molar-refractivity contribution in [3.05, 3.63) is 23.3 Å². The minimum atomic E-state index is -3.61. The molecule has 6 heteroatoms. The van der Waals surface area contributed by atoms with Crippen molar-refractivity contribution in [2.45, 2.75) is 62.6 Å². The fourth-order valence-corrected chi connectivity index (χ4v) is 5.85. The maximum atomic E-state index is 13.2. The summed E-state index contributed by atoms with van der Waals surface area (Å²) < 4.78 is 33.3. The van der Waals surface area contributed by atoms with E-state index >= 15 is 0 Å². The third-order valence-corrected chi connectivity index (χ3v) is 7.00. The number of fused-ring (bicyclic) bond motifs is 2. The van der Waals surface area contributed by atoms with Crippen LogP contribution in [-0.4, -0.2) is 43.1 Å². The summed E-state index contributed by atoms with van der Waals surface area (Å²) in [6.45, 7) is 3.84. The van der Waals surface area contributed by atoms with E-state index in [1.165, 1.54) is 7.11 Å². The molecule has 22 heavy (non-hydrogen) atoms. The first-order valence-electron chi connectivity index (χ1n) is 7.71. The second kappa shape index (κ2) is 5.51. The Morgan fingerprint density at radius 2 is 1.68 bits per heavy atom. The van der Waals surface area contributed by atoms with Gasteiger partial charge in [-0.05, 0) is 62.8 Å². The van der Waals surface area contributed by atoms with Crippen LogP contribution >= 0.6 is 0 Å². The van der Waals surface area contributed by atoms with Gasteiger partial charge < -0.3 is 9.84 Å². The van der Waals surface area contributed by atoms with Gasteiger partial charge in [-0.1, -0.05) is 0 Å². The summed E-state index contributed by atoms with van der Waals surface area (Å²) in [5.74, 6) is 0.397. The first-order valence-corrected chi connectivity index (χ1v) is 9.15. The number of aliphatic hydroxyl groups excluding tert-OH is 1. The summed E-state index contributed by atoms with van der Waals surface area (Å²) in [6.07, 6.45) is 2.33. The number of aryl methyl sites for hydroxylation is 2. The average Bonchev–Trinajstić information content (AvgIpc) is 2.74. The van der Waals surface area contributed by atoms with Gasteiger partial charge in [-0.2, -0.15) is 4.31 Å². The van der Waals surface area contributed by atoms with Gasteiger partial charge in [0.25, 0.3) is 0 Å². The van der Waals surface area contributed by atoms with Crippen molar-refractivity contribution in [2.24, 2.45) is 0 Å². The van der Waals surface area contributed by atoms with Gasteiger partial charge in [0.1, 0.15) is 10.6 Å². The molecule has 1 N–H and O–H groups in total. The Labute approximate surface area is 131 Å². The molecule has 0 radical (unpaired) electrons. The molecular formula is C16H23NO4S. The summed E-state index contributed by atoms with van der Waals surface area (Å²) in [4.78, 5) is 0.242. The van der Waals surface area contributed by atoms with Crippen LogP contribution in [0.25, 0.3) is 0 Å². The summed E-state index contributed by atoms with van der Waals surface area (Å²) in [5, 5.41) is 9.88. The predicted molar refractivity (Wildman–Crippen MR) is 83.5 cm³/mol. The maximum absolute atomic E-state index is 13.2. The maximum Gasteiger partial charge on any atom is 0.247 e. The van der Waals surface area contributed by atoms with Gasteiger partial charge in [-0.25, -0.2) is 8.42 Å². The summed E-state index contributed by atoms with van der Waals surface area (Å²) in [7, 11) is -2.11. The van der Waals surface area contributed by atoms with Crippen molar-refractivity contribution in [3.63, 3.8) is 0 Å². The molecule has 0 aliphatic carbocycles. The van der Waals surface area contributed by atoms with Gasteiger partial charge in [0.15, 0.2) is 0 Å². The van der Waals surface area contributed by atoms with E-state index in [-0.39, 0.29) is 23.1 Å². The van der Waals surface area contributed by atoms with Crippen LogP contribution in [0.4, 0.5) is 0 Å². The molecule has 3 atom stereocenters. The zero-order chi connectivity index (χ0) is 16.1. The van der Waals surface area contributed by atoms with Gasteiger partial charge in [0, 0.05) is 12.1 Å². The Balaban J connectivity index is 2.06. The highest BCUT2D eigenvalue weighted by Crippen LogP contribution is 2.41. The lowest BCUT2D eigenvalue weighted by Gasteiger charge is -2.36.